The van der Waals surface area contributed by atoms with E-state index in [2.05, 4.69) is 24.8 Å². The number of pyridine rings is 1. The number of carbonyl (C=O) groups is 1. The van der Waals surface area contributed by atoms with Gasteiger partial charge in [-0.3, -0.25) is 4.98 Å². The van der Waals surface area contributed by atoms with Crippen molar-refractivity contribution in [1.82, 2.24) is 4.98 Å². The summed E-state index contributed by atoms with van der Waals surface area (Å²) in [6, 6.07) is 12.6. The molecule has 2 unspecified atom stereocenters. The minimum absolute atomic E-state index is 0.0161. The molecule has 236 valence electrons. The molecule has 44 heavy (non-hydrogen) atoms. The summed E-state index contributed by atoms with van der Waals surface area (Å²) in [5, 5.41) is 21.0. The molecule has 2 aliphatic heterocycles. The predicted octanol–water partition coefficient (Wildman–Crippen LogP) is 7.19. The number of aliphatic hydroxyl groups excluding tert-OH is 1. The van der Waals surface area contributed by atoms with Gasteiger partial charge in [-0.2, -0.15) is 0 Å². The number of rotatable bonds is 8. The third-order valence-electron chi connectivity index (χ3n) is 8.77. The molecule has 2 aromatic carbocycles. The number of aryl methyl sites for hydroxylation is 2. The van der Waals surface area contributed by atoms with Crippen LogP contribution in [0, 0.1) is 18.2 Å². The molecule has 3 heterocycles. The summed E-state index contributed by atoms with van der Waals surface area (Å²) in [4.78, 5) is 19.8. The number of nitrogens with zero attached hydrogens (tertiary/aromatic N) is 2. The van der Waals surface area contributed by atoms with Crippen LogP contribution in [0.3, 0.4) is 0 Å². The highest BCUT2D eigenvalue weighted by Crippen LogP contribution is 2.46. The maximum absolute atomic E-state index is 13.4. The number of carboxylic acids is 1. The van der Waals surface area contributed by atoms with Gasteiger partial charge < -0.3 is 24.6 Å². The zero-order valence-corrected chi connectivity index (χ0v) is 26.7. The lowest BCUT2D eigenvalue weighted by molar-refractivity contribution is -0.160. The second-order valence-corrected chi connectivity index (χ2v) is 14.0. The van der Waals surface area contributed by atoms with Crippen molar-refractivity contribution in [2.45, 2.75) is 98.1 Å². The van der Waals surface area contributed by atoms with Crippen molar-refractivity contribution in [2.75, 3.05) is 18.0 Å². The monoisotopic (exact) mass is 604 g/mol. The lowest BCUT2D eigenvalue weighted by Gasteiger charge is -2.41. The quantitative estimate of drug-likeness (QED) is 0.281. The molecule has 1 aromatic heterocycles. The van der Waals surface area contributed by atoms with Gasteiger partial charge in [0, 0.05) is 36.3 Å². The number of aliphatic hydroxyl groups is 1. The number of halogens is 1. The molecule has 0 spiro atoms. The van der Waals surface area contributed by atoms with Gasteiger partial charge in [0.1, 0.15) is 17.7 Å². The summed E-state index contributed by atoms with van der Waals surface area (Å²) in [5.41, 5.74) is 5.52. The molecule has 0 bridgehead atoms. The lowest BCUT2D eigenvalue weighted by atomic mass is 9.81. The normalized spacial score (nSPS) is 18.8. The Morgan fingerprint density at radius 1 is 1.16 bits per heavy atom. The summed E-state index contributed by atoms with van der Waals surface area (Å²) in [7, 11) is 0. The maximum Gasteiger partial charge on any atom is 0.337 e. The maximum atomic E-state index is 13.4. The van der Waals surface area contributed by atoms with E-state index in [9.17, 15) is 19.4 Å². The fraction of sp³-hybridized carbons (Fsp3) is 0.500. The van der Waals surface area contributed by atoms with Gasteiger partial charge in [0.2, 0.25) is 0 Å². The van der Waals surface area contributed by atoms with Crippen LogP contribution in [-0.4, -0.2) is 46.0 Å². The van der Waals surface area contributed by atoms with Gasteiger partial charge in [-0.15, -0.1) is 0 Å². The zero-order chi connectivity index (χ0) is 31.8. The molecular weight excluding hydrogens is 559 g/mol. The highest BCUT2D eigenvalue weighted by Gasteiger charge is 2.37. The van der Waals surface area contributed by atoms with Crippen molar-refractivity contribution in [3.8, 4) is 16.9 Å². The first-order valence-electron chi connectivity index (χ1n) is 15.6. The SMILES string of the molecule is Cc1nc(CO)c(-c2ccc3c(c2)CCC(Cc2ccc(F)cc2)O3)c(N2CCC(C)(C)CC2)c1C(OC(C)(C)C)C(=O)O. The van der Waals surface area contributed by atoms with E-state index in [0.717, 1.165) is 72.5 Å². The molecule has 3 aromatic rings. The number of aromatic nitrogens is 1. The van der Waals surface area contributed by atoms with Gasteiger partial charge in [0.05, 0.1) is 23.6 Å². The standard InChI is InChI=1S/C36H45FN2O5/c1-22-30(33(34(41)42)44-35(2,3)4)32(39-17-15-36(5,6)16-18-39)31(28(21-40)38-22)25-10-14-29-24(20-25)9-13-27(43-29)19-23-7-11-26(37)12-8-23/h7-8,10-12,14,20,27,33,40H,9,13,15-19,21H2,1-6H3,(H,41,42). The largest absolute Gasteiger partial charge is 0.490 e. The Labute approximate surface area is 260 Å². The number of piperidine rings is 1. The molecule has 0 aliphatic carbocycles. The average molecular weight is 605 g/mol. The second-order valence-electron chi connectivity index (χ2n) is 14.0. The van der Waals surface area contributed by atoms with Crippen LogP contribution in [0.15, 0.2) is 42.5 Å². The first-order chi connectivity index (χ1) is 20.7. The Balaban J connectivity index is 1.59. The molecule has 2 N–H and O–H groups in total. The van der Waals surface area contributed by atoms with Crippen LogP contribution in [0.25, 0.3) is 11.1 Å². The molecule has 0 saturated carbocycles. The van der Waals surface area contributed by atoms with Gasteiger partial charge in [-0.25, -0.2) is 9.18 Å². The second kappa shape index (κ2) is 12.5. The van der Waals surface area contributed by atoms with Gasteiger partial charge in [0.25, 0.3) is 0 Å². The predicted molar refractivity (Wildman–Crippen MR) is 170 cm³/mol. The number of hydrogen-bond acceptors (Lipinski definition) is 6. The van der Waals surface area contributed by atoms with Crippen molar-refractivity contribution >= 4 is 11.7 Å². The molecule has 2 aliphatic rings. The lowest BCUT2D eigenvalue weighted by Crippen LogP contribution is -2.39. The van der Waals surface area contributed by atoms with E-state index >= 15 is 0 Å². The van der Waals surface area contributed by atoms with Crippen LogP contribution < -0.4 is 9.64 Å². The highest BCUT2D eigenvalue weighted by molar-refractivity contribution is 5.88. The van der Waals surface area contributed by atoms with Crippen LogP contribution in [-0.2, 0) is 29.0 Å². The van der Waals surface area contributed by atoms with Crippen LogP contribution in [0.1, 0.15) is 88.1 Å². The van der Waals surface area contributed by atoms with Crippen molar-refractivity contribution in [3.63, 3.8) is 0 Å². The Morgan fingerprint density at radius 3 is 2.45 bits per heavy atom. The number of carboxylic acid groups (broad SMARTS) is 1. The van der Waals surface area contributed by atoms with Gasteiger partial charge in [-0.05, 0) is 99.7 Å². The van der Waals surface area contributed by atoms with E-state index < -0.39 is 17.7 Å². The number of anilines is 1. The van der Waals surface area contributed by atoms with Crippen molar-refractivity contribution < 1.29 is 28.9 Å². The number of aliphatic carboxylic acids is 1. The van der Waals surface area contributed by atoms with Gasteiger partial charge in [-0.1, -0.05) is 32.0 Å². The van der Waals surface area contributed by atoms with Gasteiger partial charge in [0.15, 0.2) is 6.10 Å². The van der Waals surface area contributed by atoms with Gasteiger partial charge >= 0.3 is 5.97 Å². The van der Waals surface area contributed by atoms with Crippen LogP contribution in [0.2, 0.25) is 0 Å². The van der Waals surface area contributed by atoms with E-state index in [4.69, 9.17) is 14.5 Å². The Hall–Kier alpha value is -3.49. The minimum atomic E-state index is -1.23. The summed E-state index contributed by atoms with van der Waals surface area (Å²) in [6.45, 7) is 13.1. The number of hydrogen-bond donors (Lipinski definition) is 2. The first-order valence-corrected chi connectivity index (χ1v) is 15.6. The molecule has 5 rings (SSSR count). The Kier molecular flexibility index (Phi) is 9.06. The fourth-order valence-corrected chi connectivity index (χ4v) is 6.37. The number of fused-ring (bicyclic) bond motifs is 1. The molecule has 0 radical (unpaired) electrons. The van der Waals surface area contributed by atoms with E-state index in [1.807, 2.05) is 32.9 Å². The summed E-state index contributed by atoms with van der Waals surface area (Å²) in [5.74, 6) is -0.518. The topological polar surface area (TPSA) is 92.1 Å². The smallest absolute Gasteiger partial charge is 0.337 e. The third kappa shape index (κ3) is 7.08. The van der Waals surface area contributed by atoms with E-state index in [-0.39, 0.29) is 23.9 Å². The van der Waals surface area contributed by atoms with Crippen molar-refractivity contribution in [1.29, 1.82) is 0 Å². The fourth-order valence-electron chi connectivity index (χ4n) is 6.37. The molecule has 8 heteroatoms. The van der Waals surface area contributed by atoms with E-state index in [1.165, 1.54) is 12.1 Å². The zero-order valence-electron chi connectivity index (χ0n) is 26.7. The van der Waals surface area contributed by atoms with E-state index in [0.29, 0.717) is 23.4 Å². The molecule has 1 saturated heterocycles. The highest BCUT2D eigenvalue weighted by atomic mass is 19.1. The molecule has 2 atom stereocenters. The van der Waals surface area contributed by atoms with Crippen molar-refractivity contribution in [3.05, 3.63) is 76.4 Å². The number of ether oxygens (including phenoxy) is 2. The Bertz CT molecular complexity index is 1500. The minimum Gasteiger partial charge on any atom is -0.490 e. The van der Waals surface area contributed by atoms with Crippen molar-refractivity contribution in [2.24, 2.45) is 5.41 Å². The average Bonchev–Trinajstić information content (AvgIpc) is 2.96. The summed E-state index contributed by atoms with van der Waals surface area (Å²) < 4.78 is 26.0. The third-order valence-corrected chi connectivity index (χ3v) is 8.77. The van der Waals surface area contributed by atoms with E-state index in [1.54, 1.807) is 19.1 Å². The summed E-state index contributed by atoms with van der Waals surface area (Å²) >= 11 is 0. The Morgan fingerprint density at radius 2 is 1.84 bits per heavy atom. The molecule has 0 amide bonds. The van der Waals surface area contributed by atoms with Crippen LogP contribution in [0.4, 0.5) is 10.1 Å². The number of benzene rings is 2. The first kappa shape index (κ1) is 31.9. The van der Waals surface area contributed by atoms with Crippen LogP contribution >= 0.6 is 0 Å². The molecular formula is C36H45FN2O5. The molecule has 1 fully saturated rings. The van der Waals surface area contributed by atoms with Crippen LogP contribution in [0.5, 0.6) is 5.75 Å². The summed E-state index contributed by atoms with van der Waals surface area (Å²) in [6.07, 6.45) is 2.96. The molecule has 7 nitrogen and oxygen atoms in total.